The van der Waals surface area contributed by atoms with Gasteiger partial charge in [0.1, 0.15) is 0 Å². The monoisotopic (exact) mass is 321 g/mol. The van der Waals surface area contributed by atoms with E-state index in [2.05, 4.69) is 10.4 Å². The highest BCUT2D eigenvalue weighted by Crippen LogP contribution is 2.27. The van der Waals surface area contributed by atoms with Crippen LogP contribution in [0.5, 0.6) is 0 Å². The molecule has 23 heavy (non-hydrogen) atoms. The van der Waals surface area contributed by atoms with Gasteiger partial charge in [-0.25, -0.2) is 0 Å². The minimum Gasteiger partial charge on any atom is -0.346 e. The zero-order valence-electron chi connectivity index (χ0n) is 14.2. The Kier molecular flexibility index (Phi) is 5.76. The standard InChI is InChI=1S/C16H27N5O2/c1-11(2)15(17)16(23)18-10-14(22)21-8-5-12(6-9-21)13-4-7-19-20(13)3/h4,7,11-12,15H,5-6,8-10,17H2,1-3H3,(H,18,23)/t15-/m0/s1. The maximum Gasteiger partial charge on any atom is 0.241 e. The maximum absolute atomic E-state index is 12.2. The first-order valence-corrected chi connectivity index (χ1v) is 8.19. The van der Waals surface area contributed by atoms with Gasteiger partial charge in [-0.05, 0) is 24.8 Å². The molecular weight excluding hydrogens is 294 g/mol. The van der Waals surface area contributed by atoms with Crippen LogP contribution >= 0.6 is 0 Å². The fourth-order valence-electron chi connectivity index (χ4n) is 2.90. The molecule has 1 aromatic rings. The number of nitrogens with two attached hydrogens (primary N) is 1. The van der Waals surface area contributed by atoms with Crippen molar-refractivity contribution in [2.45, 2.75) is 38.6 Å². The van der Waals surface area contributed by atoms with Crippen molar-refractivity contribution in [2.75, 3.05) is 19.6 Å². The lowest BCUT2D eigenvalue weighted by atomic mass is 9.93. The smallest absolute Gasteiger partial charge is 0.241 e. The van der Waals surface area contributed by atoms with Gasteiger partial charge < -0.3 is 16.0 Å². The largest absolute Gasteiger partial charge is 0.346 e. The summed E-state index contributed by atoms with van der Waals surface area (Å²) in [6.45, 7) is 5.21. The van der Waals surface area contributed by atoms with Crippen LogP contribution in [0, 0.1) is 5.92 Å². The molecule has 2 rings (SSSR count). The van der Waals surface area contributed by atoms with E-state index in [0.29, 0.717) is 19.0 Å². The second-order valence-electron chi connectivity index (χ2n) is 6.52. The first-order chi connectivity index (χ1) is 10.9. The highest BCUT2D eigenvalue weighted by molar-refractivity contribution is 5.87. The number of hydrogen-bond acceptors (Lipinski definition) is 4. The first-order valence-electron chi connectivity index (χ1n) is 8.19. The minimum atomic E-state index is -0.571. The van der Waals surface area contributed by atoms with E-state index in [1.807, 2.05) is 36.5 Å². The topological polar surface area (TPSA) is 93.2 Å². The molecule has 0 unspecified atom stereocenters. The molecule has 3 N–H and O–H groups in total. The van der Waals surface area contributed by atoms with E-state index in [0.717, 1.165) is 12.8 Å². The number of amides is 2. The fraction of sp³-hybridized carbons (Fsp3) is 0.688. The van der Waals surface area contributed by atoms with Gasteiger partial charge in [0.25, 0.3) is 0 Å². The molecule has 128 valence electrons. The Morgan fingerprint density at radius 1 is 1.39 bits per heavy atom. The van der Waals surface area contributed by atoms with Gasteiger partial charge in [-0.2, -0.15) is 5.10 Å². The van der Waals surface area contributed by atoms with E-state index in [4.69, 9.17) is 5.73 Å². The second kappa shape index (κ2) is 7.59. The lowest BCUT2D eigenvalue weighted by Gasteiger charge is -2.32. The molecule has 7 heteroatoms. The van der Waals surface area contributed by atoms with E-state index in [9.17, 15) is 9.59 Å². The van der Waals surface area contributed by atoms with E-state index < -0.39 is 6.04 Å². The molecule has 7 nitrogen and oxygen atoms in total. The zero-order valence-corrected chi connectivity index (χ0v) is 14.2. The molecule has 2 amide bonds. The fourth-order valence-corrected chi connectivity index (χ4v) is 2.90. The van der Waals surface area contributed by atoms with Gasteiger partial charge in [-0.3, -0.25) is 14.3 Å². The first kappa shape index (κ1) is 17.5. The van der Waals surface area contributed by atoms with Crippen LogP contribution in [0.15, 0.2) is 12.3 Å². The summed E-state index contributed by atoms with van der Waals surface area (Å²) in [5.41, 5.74) is 6.98. The predicted octanol–water partition coefficient (Wildman–Crippen LogP) is 0.226. The number of aromatic nitrogens is 2. The number of nitrogens with zero attached hydrogens (tertiary/aromatic N) is 3. The van der Waals surface area contributed by atoms with Gasteiger partial charge in [0.15, 0.2) is 0 Å². The predicted molar refractivity (Wildman–Crippen MR) is 87.6 cm³/mol. The number of rotatable bonds is 5. The summed E-state index contributed by atoms with van der Waals surface area (Å²) in [7, 11) is 1.94. The van der Waals surface area contributed by atoms with Crippen molar-refractivity contribution in [3.63, 3.8) is 0 Å². The van der Waals surface area contributed by atoms with Crippen LogP contribution in [-0.4, -0.2) is 52.2 Å². The van der Waals surface area contributed by atoms with E-state index in [1.54, 1.807) is 6.20 Å². The van der Waals surface area contributed by atoms with Gasteiger partial charge in [0.2, 0.25) is 11.8 Å². The summed E-state index contributed by atoms with van der Waals surface area (Å²) in [4.78, 5) is 25.8. The number of piperidine rings is 1. The lowest BCUT2D eigenvalue weighted by molar-refractivity contribution is -0.134. The molecule has 0 radical (unpaired) electrons. The van der Waals surface area contributed by atoms with Crippen LogP contribution in [0.3, 0.4) is 0 Å². The average molecular weight is 321 g/mol. The summed E-state index contributed by atoms with van der Waals surface area (Å²) < 4.78 is 1.90. The van der Waals surface area contributed by atoms with Crippen LogP contribution < -0.4 is 11.1 Å². The van der Waals surface area contributed by atoms with Crippen molar-refractivity contribution in [1.29, 1.82) is 0 Å². The molecule has 1 fully saturated rings. The van der Waals surface area contributed by atoms with Crippen molar-refractivity contribution in [3.8, 4) is 0 Å². The molecule has 1 aliphatic rings. The Morgan fingerprint density at radius 2 is 2.04 bits per heavy atom. The summed E-state index contributed by atoms with van der Waals surface area (Å²) in [6.07, 6.45) is 3.65. The highest BCUT2D eigenvalue weighted by Gasteiger charge is 2.26. The Bertz CT molecular complexity index is 546. The summed E-state index contributed by atoms with van der Waals surface area (Å²) in [5, 5.41) is 6.84. The Hall–Kier alpha value is -1.89. The molecule has 0 spiro atoms. The number of hydrogen-bond donors (Lipinski definition) is 2. The van der Waals surface area contributed by atoms with Crippen LogP contribution in [0.2, 0.25) is 0 Å². The second-order valence-corrected chi connectivity index (χ2v) is 6.52. The van der Waals surface area contributed by atoms with Crippen LogP contribution in [-0.2, 0) is 16.6 Å². The van der Waals surface area contributed by atoms with Gasteiger partial charge in [-0.15, -0.1) is 0 Å². The maximum atomic E-state index is 12.2. The number of carbonyl (C=O) groups is 2. The lowest BCUT2D eigenvalue weighted by Crippen LogP contribution is -2.49. The molecule has 0 saturated carbocycles. The van der Waals surface area contributed by atoms with Gasteiger partial charge >= 0.3 is 0 Å². The molecule has 0 bridgehead atoms. The van der Waals surface area contributed by atoms with Crippen molar-refractivity contribution in [2.24, 2.45) is 18.7 Å². The molecule has 2 heterocycles. The number of nitrogens with one attached hydrogen (secondary N) is 1. The third kappa shape index (κ3) is 4.31. The molecular formula is C16H27N5O2. The molecule has 1 atom stereocenters. The van der Waals surface area contributed by atoms with Crippen molar-refractivity contribution in [1.82, 2.24) is 20.0 Å². The number of carbonyl (C=O) groups excluding carboxylic acids is 2. The SMILES string of the molecule is CC(C)[C@H](N)C(=O)NCC(=O)N1CCC(c2ccnn2C)CC1. The zero-order chi connectivity index (χ0) is 17.0. The van der Waals surface area contributed by atoms with Crippen molar-refractivity contribution < 1.29 is 9.59 Å². The Morgan fingerprint density at radius 3 is 2.57 bits per heavy atom. The van der Waals surface area contributed by atoms with E-state index >= 15 is 0 Å². The quantitative estimate of drug-likeness (QED) is 0.811. The van der Waals surface area contributed by atoms with Crippen molar-refractivity contribution >= 4 is 11.8 Å². The molecule has 1 aliphatic heterocycles. The van der Waals surface area contributed by atoms with Crippen LogP contribution in [0.1, 0.15) is 38.3 Å². The Balaban J connectivity index is 1.78. The average Bonchev–Trinajstić information content (AvgIpc) is 2.97. The van der Waals surface area contributed by atoms with E-state index in [-0.39, 0.29) is 24.3 Å². The highest BCUT2D eigenvalue weighted by atomic mass is 16.2. The van der Waals surface area contributed by atoms with E-state index in [1.165, 1.54) is 5.69 Å². The van der Waals surface area contributed by atoms with Crippen LogP contribution in [0.4, 0.5) is 0 Å². The van der Waals surface area contributed by atoms with Gasteiger partial charge in [0, 0.05) is 37.9 Å². The van der Waals surface area contributed by atoms with Gasteiger partial charge in [-0.1, -0.05) is 13.8 Å². The molecule has 0 aromatic carbocycles. The third-order valence-electron chi connectivity index (χ3n) is 4.56. The Labute approximate surface area is 137 Å². The molecule has 1 saturated heterocycles. The summed E-state index contributed by atoms with van der Waals surface area (Å²) >= 11 is 0. The normalized spacial score (nSPS) is 17.3. The molecule has 1 aromatic heterocycles. The van der Waals surface area contributed by atoms with Crippen molar-refractivity contribution in [3.05, 3.63) is 18.0 Å². The van der Waals surface area contributed by atoms with Gasteiger partial charge in [0.05, 0.1) is 12.6 Å². The van der Waals surface area contributed by atoms with Crippen LogP contribution in [0.25, 0.3) is 0 Å². The summed E-state index contributed by atoms with van der Waals surface area (Å²) in [5.74, 6) is 0.186. The molecule has 0 aliphatic carbocycles. The number of likely N-dealkylation sites (tertiary alicyclic amines) is 1. The minimum absolute atomic E-state index is 0.0234. The third-order valence-corrected chi connectivity index (χ3v) is 4.56. The number of aryl methyl sites for hydroxylation is 1. The summed E-state index contributed by atoms with van der Waals surface area (Å²) in [6, 6.07) is 1.47.